The number of oxazole rings is 1. The molecule has 1 N–H and O–H groups in total. The molecule has 1 aromatic carbocycles. The second-order valence-corrected chi connectivity index (χ2v) is 5.06. The van der Waals surface area contributed by atoms with E-state index in [0.29, 0.717) is 17.7 Å². The van der Waals surface area contributed by atoms with Crippen LogP contribution >= 0.6 is 0 Å². The number of hydrogen-bond acceptors (Lipinski definition) is 5. The Balaban J connectivity index is 2.20. The number of carbonyl (C=O) groups is 2. The molecule has 1 unspecified atom stereocenters. The van der Waals surface area contributed by atoms with Crippen LogP contribution < -0.4 is 5.32 Å². The highest BCUT2D eigenvalue weighted by Crippen LogP contribution is 2.19. The molecule has 2 rings (SSSR count). The molecule has 24 heavy (non-hydrogen) atoms. The quantitative estimate of drug-likeness (QED) is 0.788. The van der Waals surface area contributed by atoms with E-state index in [1.165, 1.54) is 30.7 Å². The van der Waals surface area contributed by atoms with Gasteiger partial charge in [-0.2, -0.15) is 0 Å². The van der Waals surface area contributed by atoms with Crippen molar-refractivity contribution in [1.29, 1.82) is 0 Å². The highest BCUT2D eigenvalue weighted by molar-refractivity contribution is 5.93. The highest BCUT2D eigenvalue weighted by Gasteiger charge is 2.23. The van der Waals surface area contributed by atoms with Crippen molar-refractivity contribution in [1.82, 2.24) is 10.3 Å². The Labute approximate surface area is 139 Å². The lowest BCUT2D eigenvalue weighted by molar-refractivity contribution is -0.143. The van der Waals surface area contributed by atoms with Crippen molar-refractivity contribution < 1.29 is 23.1 Å². The first kappa shape index (κ1) is 17.7. The molecular weight excluding hydrogens is 315 g/mol. The lowest BCUT2D eigenvalue weighted by Gasteiger charge is -2.18. The Bertz CT molecular complexity index is 697. The molecule has 1 amide bonds. The van der Waals surface area contributed by atoms with Crippen LogP contribution in [-0.2, 0) is 16.0 Å². The number of nitrogens with one attached hydrogen (secondary N) is 1. The van der Waals surface area contributed by atoms with E-state index in [-0.39, 0.29) is 18.7 Å². The minimum atomic E-state index is -0.654. The van der Waals surface area contributed by atoms with E-state index in [1.807, 2.05) is 6.92 Å². The van der Waals surface area contributed by atoms with E-state index >= 15 is 0 Å². The van der Waals surface area contributed by atoms with Gasteiger partial charge in [0.1, 0.15) is 11.6 Å². The van der Waals surface area contributed by atoms with Gasteiger partial charge in [-0.25, -0.2) is 9.37 Å². The molecule has 0 aliphatic rings. The smallest absolute Gasteiger partial charge is 0.308 e. The van der Waals surface area contributed by atoms with Gasteiger partial charge in [0, 0.05) is 6.42 Å². The standard InChI is InChI=1S/C17H19FN2O4/c1-3-14-16(19-10-24-14)17(22)20-13(9-15(21)23-4-2)11-5-7-12(18)8-6-11/h5-8,10,13H,3-4,9H2,1-2H3,(H,20,22). The molecule has 2 aromatic rings. The predicted molar refractivity (Wildman–Crippen MR) is 83.7 cm³/mol. The van der Waals surface area contributed by atoms with Crippen LogP contribution in [0.2, 0.25) is 0 Å². The summed E-state index contributed by atoms with van der Waals surface area (Å²) < 4.78 is 23.2. The highest BCUT2D eigenvalue weighted by atomic mass is 19.1. The SMILES string of the molecule is CCOC(=O)CC(NC(=O)c1ncoc1CC)c1ccc(F)cc1. The summed E-state index contributed by atoms with van der Waals surface area (Å²) in [6, 6.07) is 4.92. The van der Waals surface area contributed by atoms with Gasteiger partial charge in [-0.1, -0.05) is 19.1 Å². The number of hydrogen-bond donors (Lipinski definition) is 1. The number of carbonyl (C=O) groups excluding carboxylic acids is 2. The third kappa shape index (κ3) is 4.41. The van der Waals surface area contributed by atoms with Crippen LogP contribution in [0, 0.1) is 5.82 Å². The summed E-state index contributed by atoms with van der Waals surface area (Å²) in [6.07, 6.45) is 1.65. The molecule has 6 nitrogen and oxygen atoms in total. The number of benzene rings is 1. The van der Waals surface area contributed by atoms with Crippen LogP contribution in [0.3, 0.4) is 0 Å². The van der Waals surface area contributed by atoms with Gasteiger partial charge in [0.15, 0.2) is 12.1 Å². The van der Waals surface area contributed by atoms with Gasteiger partial charge in [-0.15, -0.1) is 0 Å². The summed E-state index contributed by atoms with van der Waals surface area (Å²) in [5.74, 6) is -0.853. The Morgan fingerprint density at radius 1 is 1.29 bits per heavy atom. The van der Waals surface area contributed by atoms with Gasteiger partial charge in [0.25, 0.3) is 5.91 Å². The minimum absolute atomic E-state index is 0.0650. The summed E-state index contributed by atoms with van der Waals surface area (Å²) >= 11 is 0. The molecule has 0 bridgehead atoms. The van der Waals surface area contributed by atoms with Crippen molar-refractivity contribution in [2.75, 3.05) is 6.61 Å². The molecule has 0 saturated heterocycles. The maximum Gasteiger partial charge on any atom is 0.308 e. The van der Waals surface area contributed by atoms with E-state index < -0.39 is 23.7 Å². The normalized spacial score (nSPS) is 11.8. The summed E-state index contributed by atoms with van der Waals surface area (Å²) in [6.45, 7) is 3.78. The maximum atomic E-state index is 13.1. The molecule has 1 heterocycles. The van der Waals surface area contributed by atoms with Crippen molar-refractivity contribution in [2.45, 2.75) is 32.7 Å². The number of nitrogens with zero attached hydrogens (tertiary/aromatic N) is 1. The lowest BCUT2D eigenvalue weighted by Crippen LogP contribution is -2.31. The maximum absolute atomic E-state index is 13.1. The van der Waals surface area contributed by atoms with Crippen LogP contribution in [0.25, 0.3) is 0 Å². The lowest BCUT2D eigenvalue weighted by atomic mass is 10.0. The average molecular weight is 334 g/mol. The van der Waals surface area contributed by atoms with Gasteiger partial charge in [0.2, 0.25) is 0 Å². The van der Waals surface area contributed by atoms with E-state index in [0.717, 1.165) is 0 Å². The number of rotatable bonds is 7. The number of aromatic nitrogens is 1. The van der Waals surface area contributed by atoms with E-state index in [4.69, 9.17) is 9.15 Å². The zero-order valence-corrected chi connectivity index (χ0v) is 13.5. The first-order chi connectivity index (χ1) is 11.5. The van der Waals surface area contributed by atoms with Crippen molar-refractivity contribution in [3.63, 3.8) is 0 Å². The molecule has 0 spiro atoms. The molecule has 0 radical (unpaired) electrons. The molecule has 1 atom stereocenters. The van der Waals surface area contributed by atoms with Crippen molar-refractivity contribution in [3.8, 4) is 0 Å². The van der Waals surface area contributed by atoms with E-state index in [2.05, 4.69) is 10.3 Å². The first-order valence-electron chi connectivity index (χ1n) is 7.69. The van der Waals surface area contributed by atoms with E-state index in [1.54, 1.807) is 6.92 Å². The minimum Gasteiger partial charge on any atom is -0.466 e. The second kappa shape index (κ2) is 8.24. The summed E-state index contributed by atoms with van der Waals surface area (Å²) in [5, 5.41) is 2.73. The van der Waals surface area contributed by atoms with Gasteiger partial charge >= 0.3 is 5.97 Å². The van der Waals surface area contributed by atoms with Crippen LogP contribution in [0.4, 0.5) is 4.39 Å². The van der Waals surface area contributed by atoms with Gasteiger partial charge in [-0.05, 0) is 24.6 Å². The number of aryl methyl sites for hydroxylation is 1. The average Bonchev–Trinajstić information content (AvgIpc) is 3.04. The fourth-order valence-electron chi connectivity index (χ4n) is 2.27. The number of amides is 1. The molecule has 0 fully saturated rings. The van der Waals surface area contributed by atoms with Crippen LogP contribution in [0.15, 0.2) is 35.1 Å². The molecule has 0 aliphatic heterocycles. The summed E-state index contributed by atoms with van der Waals surface area (Å²) in [7, 11) is 0. The molecule has 1 aromatic heterocycles. The third-order valence-electron chi connectivity index (χ3n) is 3.43. The summed E-state index contributed by atoms with van der Waals surface area (Å²) in [5.41, 5.74) is 0.771. The monoisotopic (exact) mass is 334 g/mol. The largest absolute Gasteiger partial charge is 0.466 e. The Morgan fingerprint density at radius 2 is 2.00 bits per heavy atom. The molecule has 128 valence electrons. The van der Waals surface area contributed by atoms with Gasteiger partial charge < -0.3 is 14.5 Å². The summed E-state index contributed by atoms with van der Waals surface area (Å²) in [4.78, 5) is 28.1. The fraction of sp³-hybridized carbons (Fsp3) is 0.353. The number of ether oxygens (including phenoxy) is 1. The fourth-order valence-corrected chi connectivity index (χ4v) is 2.27. The topological polar surface area (TPSA) is 81.4 Å². The van der Waals surface area contributed by atoms with E-state index in [9.17, 15) is 14.0 Å². The van der Waals surface area contributed by atoms with Crippen molar-refractivity contribution >= 4 is 11.9 Å². The Hall–Kier alpha value is -2.70. The zero-order chi connectivity index (χ0) is 17.5. The Morgan fingerprint density at radius 3 is 2.62 bits per heavy atom. The first-order valence-corrected chi connectivity index (χ1v) is 7.69. The third-order valence-corrected chi connectivity index (χ3v) is 3.43. The van der Waals surface area contributed by atoms with Gasteiger partial charge in [0.05, 0.1) is 19.1 Å². The Kier molecular flexibility index (Phi) is 6.06. The molecule has 0 aliphatic carbocycles. The number of halogens is 1. The zero-order valence-electron chi connectivity index (χ0n) is 13.5. The van der Waals surface area contributed by atoms with Crippen LogP contribution in [0.5, 0.6) is 0 Å². The van der Waals surface area contributed by atoms with Gasteiger partial charge in [-0.3, -0.25) is 9.59 Å². The molecular formula is C17H19FN2O4. The molecule has 7 heteroatoms. The second-order valence-electron chi connectivity index (χ2n) is 5.06. The predicted octanol–water partition coefficient (Wildman–Crippen LogP) is 2.80. The number of esters is 1. The van der Waals surface area contributed by atoms with Crippen LogP contribution in [-0.4, -0.2) is 23.5 Å². The molecule has 0 saturated carbocycles. The van der Waals surface area contributed by atoms with Crippen LogP contribution in [0.1, 0.15) is 48.1 Å². The van der Waals surface area contributed by atoms with Crippen molar-refractivity contribution in [2.24, 2.45) is 0 Å². The van der Waals surface area contributed by atoms with Crippen molar-refractivity contribution in [3.05, 3.63) is 53.5 Å².